The third kappa shape index (κ3) is 3.81. The molecule has 0 saturated heterocycles. The minimum Gasteiger partial charge on any atom is -0.341 e. The standard InChI is InChI=1S/C22H18F4N2O2/c23-15-10-13(9-14(11-15)22(24,25)26)20(29)27-17-8-4-7-16-18(17)19(28-21(16)30)12-5-2-1-3-6-12/h4-5,7-11,19H,1-3,6H2,(H,27,29)(H,28,30). The maximum absolute atomic E-state index is 13.7. The molecule has 2 aromatic rings. The average Bonchev–Trinajstić information content (AvgIpc) is 3.05. The Balaban J connectivity index is 1.69. The molecule has 0 bridgehead atoms. The smallest absolute Gasteiger partial charge is 0.341 e. The maximum Gasteiger partial charge on any atom is 0.416 e. The number of amides is 2. The molecule has 1 aliphatic carbocycles. The lowest BCUT2D eigenvalue weighted by molar-refractivity contribution is -0.137. The van der Waals surface area contributed by atoms with E-state index in [9.17, 15) is 27.2 Å². The van der Waals surface area contributed by atoms with Crippen molar-refractivity contribution in [3.8, 4) is 0 Å². The predicted molar refractivity (Wildman–Crippen MR) is 103 cm³/mol. The minimum absolute atomic E-state index is 0.275. The van der Waals surface area contributed by atoms with Gasteiger partial charge in [0.05, 0.1) is 11.6 Å². The van der Waals surface area contributed by atoms with Crippen LogP contribution in [-0.4, -0.2) is 11.8 Å². The van der Waals surface area contributed by atoms with Crippen LogP contribution in [0, 0.1) is 5.82 Å². The number of anilines is 1. The van der Waals surface area contributed by atoms with Gasteiger partial charge in [-0.1, -0.05) is 12.1 Å². The van der Waals surface area contributed by atoms with Crippen LogP contribution < -0.4 is 10.6 Å². The summed E-state index contributed by atoms with van der Waals surface area (Å²) in [5, 5.41) is 5.47. The number of fused-ring (bicyclic) bond motifs is 1. The van der Waals surface area contributed by atoms with Crippen molar-refractivity contribution in [3.05, 3.63) is 76.1 Å². The van der Waals surface area contributed by atoms with E-state index >= 15 is 0 Å². The summed E-state index contributed by atoms with van der Waals surface area (Å²) >= 11 is 0. The molecule has 1 unspecified atom stereocenters. The van der Waals surface area contributed by atoms with Crippen LogP contribution in [0.2, 0.25) is 0 Å². The Morgan fingerprint density at radius 3 is 2.63 bits per heavy atom. The SMILES string of the molecule is O=C(Nc1cccc2c1C(C1=CCCCC1)NC2=O)c1cc(F)cc(C(F)(F)F)c1. The molecule has 0 aromatic heterocycles. The maximum atomic E-state index is 13.7. The number of carbonyl (C=O) groups excluding carboxylic acids is 2. The summed E-state index contributed by atoms with van der Waals surface area (Å²) < 4.78 is 52.6. The molecule has 0 saturated carbocycles. The highest BCUT2D eigenvalue weighted by Gasteiger charge is 2.35. The van der Waals surface area contributed by atoms with E-state index in [-0.39, 0.29) is 5.91 Å². The monoisotopic (exact) mass is 418 g/mol. The van der Waals surface area contributed by atoms with Crippen molar-refractivity contribution in [1.82, 2.24) is 5.32 Å². The van der Waals surface area contributed by atoms with Crippen molar-refractivity contribution in [2.24, 2.45) is 0 Å². The molecule has 2 amide bonds. The molecule has 2 aliphatic rings. The zero-order chi connectivity index (χ0) is 21.5. The molecule has 0 fully saturated rings. The first-order valence-electron chi connectivity index (χ1n) is 9.56. The molecule has 4 rings (SSSR count). The van der Waals surface area contributed by atoms with Crippen LogP contribution >= 0.6 is 0 Å². The molecular formula is C22H18F4N2O2. The normalized spacial score (nSPS) is 18.5. The van der Waals surface area contributed by atoms with E-state index in [1.54, 1.807) is 18.2 Å². The van der Waals surface area contributed by atoms with Crippen LogP contribution in [0.25, 0.3) is 0 Å². The van der Waals surface area contributed by atoms with Gasteiger partial charge in [-0.15, -0.1) is 0 Å². The molecular weight excluding hydrogens is 400 g/mol. The van der Waals surface area contributed by atoms with Gasteiger partial charge in [0.15, 0.2) is 0 Å². The number of rotatable bonds is 3. The first kappa shape index (κ1) is 20.1. The lowest BCUT2D eigenvalue weighted by Crippen LogP contribution is -2.22. The minimum atomic E-state index is -4.78. The number of hydrogen-bond acceptors (Lipinski definition) is 2. The van der Waals surface area contributed by atoms with Crippen molar-refractivity contribution in [3.63, 3.8) is 0 Å². The molecule has 0 spiro atoms. The second-order valence-electron chi connectivity index (χ2n) is 7.38. The van der Waals surface area contributed by atoms with E-state index in [1.807, 2.05) is 0 Å². The van der Waals surface area contributed by atoms with Gasteiger partial charge >= 0.3 is 6.18 Å². The average molecular weight is 418 g/mol. The Bertz CT molecular complexity index is 1060. The molecule has 1 heterocycles. The van der Waals surface area contributed by atoms with Gasteiger partial charge in [0.2, 0.25) is 0 Å². The van der Waals surface area contributed by atoms with E-state index in [4.69, 9.17) is 0 Å². The van der Waals surface area contributed by atoms with Crippen molar-refractivity contribution >= 4 is 17.5 Å². The molecule has 1 aliphatic heterocycles. The molecule has 8 heteroatoms. The van der Waals surface area contributed by atoms with Gasteiger partial charge in [0.25, 0.3) is 11.8 Å². The number of nitrogens with one attached hydrogen (secondary N) is 2. The molecule has 4 nitrogen and oxygen atoms in total. The first-order chi connectivity index (χ1) is 14.2. The quantitative estimate of drug-likeness (QED) is 0.519. The second kappa shape index (κ2) is 7.59. The van der Waals surface area contributed by atoms with E-state index in [0.717, 1.165) is 37.3 Å². The van der Waals surface area contributed by atoms with Crippen molar-refractivity contribution in [2.45, 2.75) is 37.9 Å². The zero-order valence-corrected chi connectivity index (χ0v) is 15.8. The Morgan fingerprint density at radius 2 is 1.93 bits per heavy atom. The molecule has 156 valence electrons. The van der Waals surface area contributed by atoms with Gasteiger partial charge in [-0.3, -0.25) is 9.59 Å². The van der Waals surface area contributed by atoms with Gasteiger partial charge in [0, 0.05) is 22.4 Å². The summed E-state index contributed by atoms with van der Waals surface area (Å²) in [5.74, 6) is -2.32. The van der Waals surface area contributed by atoms with Crippen LogP contribution in [-0.2, 0) is 6.18 Å². The van der Waals surface area contributed by atoms with Crippen molar-refractivity contribution in [1.29, 1.82) is 0 Å². The molecule has 0 radical (unpaired) electrons. The number of hydrogen-bond donors (Lipinski definition) is 2. The summed E-state index contributed by atoms with van der Waals surface area (Å²) in [5.41, 5.74) is 0.639. The van der Waals surface area contributed by atoms with Crippen LogP contribution in [0.4, 0.5) is 23.2 Å². The Labute approximate surface area is 170 Å². The summed E-state index contributed by atoms with van der Waals surface area (Å²) in [6, 6.07) is 6.08. The number of allylic oxidation sites excluding steroid dienone is 1. The van der Waals surface area contributed by atoms with E-state index in [1.165, 1.54) is 0 Å². The number of halogens is 4. The number of alkyl halides is 3. The van der Waals surface area contributed by atoms with Crippen LogP contribution in [0.3, 0.4) is 0 Å². The lowest BCUT2D eigenvalue weighted by Gasteiger charge is -2.22. The summed E-state index contributed by atoms with van der Waals surface area (Å²) in [6.45, 7) is 0. The molecule has 1 atom stereocenters. The van der Waals surface area contributed by atoms with Gasteiger partial charge in [-0.2, -0.15) is 13.2 Å². The highest BCUT2D eigenvalue weighted by atomic mass is 19.4. The third-order valence-electron chi connectivity index (χ3n) is 5.35. The number of benzene rings is 2. The summed E-state index contributed by atoms with van der Waals surface area (Å²) in [7, 11) is 0. The topological polar surface area (TPSA) is 58.2 Å². The fourth-order valence-electron chi connectivity index (χ4n) is 3.95. The van der Waals surface area contributed by atoms with Crippen molar-refractivity contribution < 1.29 is 27.2 Å². The Kier molecular flexibility index (Phi) is 5.09. The fraction of sp³-hybridized carbons (Fsp3) is 0.273. The molecule has 2 aromatic carbocycles. The lowest BCUT2D eigenvalue weighted by atomic mass is 9.89. The van der Waals surface area contributed by atoms with E-state index < -0.39 is 35.1 Å². The summed E-state index contributed by atoms with van der Waals surface area (Å²) in [6.07, 6.45) is 1.06. The van der Waals surface area contributed by atoms with Gasteiger partial charge < -0.3 is 10.6 Å². The fourth-order valence-corrected chi connectivity index (χ4v) is 3.95. The Morgan fingerprint density at radius 1 is 1.13 bits per heavy atom. The molecule has 30 heavy (non-hydrogen) atoms. The van der Waals surface area contributed by atoms with E-state index in [0.29, 0.717) is 28.9 Å². The number of carbonyl (C=O) groups is 2. The van der Waals surface area contributed by atoms with Gasteiger partial charge in [0.1, 0.15) is 5.82 Å². The predicted octanol–water partition coefficient (Wildman–Crippen LogP) is 5.38. The van der Waals surface area contributed by atoms with Crippen LogP contribution in [0.15, 0.2) is 48.0 Å². The Hall–Kier alpha value is -3.16. The second-order valence-corrected chi connectivity index (χ2v) is 7.38. The molecule has 2 N–H and O–H groups in total. The van der Waals surface area contributed by atoms with Crippen LogP contribution in [0.5, 0.6) is 0 Å². The zero-order valence-electron chi connectivity index (χ0n) is 15.8. The highest BCUT2D eigenvalue weighted by Crippen LogP contribution is 2.40. The van der Waals surface area contributed by atoms with Crippen LogP contribution in [0.1, 0.15) is 63.6 Å². The first-order valence-corrected chi connectivity index (χ1v) is 9.56. The highest BCUT2D eigenvalue weighted by molar-refractivity contribution is 6.07. The van der Waals surface area contributed by atoms with Crippen molar-refractivity contribution in [2.75, 3.05) is 5.32 Å². The largest absolute Gasteiger partial charge is 0.416 e. The van der Waals surface area contributed by atoms with Gasteiger partial charge in [-0.25, -0.2) is 4.39 Å². The third-order valence-corrected chi connectivity index (χ3v) is 5.35. The van der Waals surface area contributed by atoms with E-state index in [2.05, 4.69) is 16.7 Å². The van der Waals surface area contributed by atoms with Gasteiger partial charge in [-0.05, 0) is 61.6 Å². The summed E-state index contributed by atoms with van der Waals surface area (Å²) in [4.78, 5) is 25.0.